The Labute approximate surface area is 159 Å². The van der Waals surface area contributed by atoms with E-state index in [0.717, 1.165) is 21.7 Å². The Morgan fingerprint density at radius 2 is 2.00 bits per heavy atom. The fourth-order valence-corrected chi connectivity index (χ4v) is 3.79. The van der Waals surface area contributed by atoms with Crippen LogP contribution in [0.5, 0.6) is 0 Å². The summed E-state index contributed by atoms with van der Waals surface area (Å²) in [4.78, 5) is 29.1. The third kappa shape index (κ3) is 4.03. The number of carbonyl (C=O) groups excluding carboxylic acids is 2. The molecule has 0 unspecified atom stereocenters. The Morgan fingerprint density at radius 1 is 1.19 bits per heavy atom. The highest BCUT2D eigenvalue weighted by atomic mass is 32.1. The minimum Gasteiger partial charge on any atom is -0.326 e. The topological polar surface area (TPSA) is 71.1 Å². The molecule has 2 N–H and O–H groups in total. The molecule has 1 aromatic heterocycles. The van der Waals surface area contributed by atoms with Crippen LogP contribution in [0.1, 0.15) is 32.8 Å². The van der Waals surface area contributed by atoms with Crippen molar-refractivity contribution < 1.29 is 14.0 Å². The molecule has 2 amide bonds. The zero-order valence-corrected chi connectivity index (χ0v) is 15.1. The van der Waals surface area contributed by atoms with Crippen LogP contribution >= 0.6 is 11.3 Å². The lowest BCUT2D eigenvalue weighted by Crippen LogP contribution is -2.20. The zero-order chi connectivity index (χ0) is 18.8. The molecule has 7 heteroatoms. The molecule has 0 bridgehead atoms. The number of amides is 2. The normalized spacial score (nSPS) is 13.0. The lowest BCUT2D eigenvalue weighted by atomic mass is 10.0. The Hall–Kier alpha value is -3.06. The number of rotatable bonds is 4. The van der Waals surface area contributed by atoms with Gasteiger partial charge in [-0.2, -0.15) is 0 Å². The van der Waals surface area contributed by atoms with E-state index in [-0.39, 0.29) is 17.6 Å². The minimum atomic E-state index is -0.263. The van der Waals surface area contributed by atoms with Gasteiger partial charge in [0.25, 0.3) is 5.91 Å². The molecule has 0 radical (unpaired) electrons. The summed E-state index contributed by atoms with van der Waals surface area (Å²) in [5.41, 5.74) is 3.23. The lowest BCUT2D eigenvalue weighted by Gasteiger charge is -2.17. The van der Waals surface area contributed by atoms with E-state index < -0.39 is 0 Å². The van der Waals surface area contributed by atoms with E-state index in [0.29, 0.717) is 30.0 Å². The number of nitrogens with one attached hydrogen (secondary N) is 2. The number of fused-ring (bicyclic) bond motifs is 1. The van der Waals surface area contributed by atoms with Crippen molar-refractivity contribution >= 4 is 34.0 Å². The summed E-state index contributed by atoms with van der Waals surface area (Å²) < 4.78 is 13.0. The third-order valence-corrected chi connectivity index (χ3v) is 5.24. The SMILES string of the molecule is O=C1CCc2cc(C(=O)Nc3ncc(Cc4ccc(F)cc4)s3)ccc2N1. The van der Waals surface area contributed by atoms with Crippen LogP contribution in [0.25, 0.3) is 0 Å². The maximum absolute atomic E-state index is 13.0. The van der Waals surface area contributed by atoms with Crippen LogP contribution in [0.3, 0.4) is 0 Å². The second-order valence-electron chi connectivity index (χ2n) is 6.31. The van der Waals surface area contributed by atoms with Crippen LogP contribution < -0.4 is 10.6 Å². The van der Waals surface area contributed by atoms with Crippen LogP contribution in [-0.2, 0) is 17.6 Å². The Kier molecular flexibility index (Phi) is 4.68. The van der Waals surface area contributed by atoms with Gasteiger partial charge in [-0.15, -0.1) is 11.3 Å². The van der Waals surface area contributed by atoms with Crippen molar-refractivity contribution in [2.75, 3.05) is 10.6 Å². The van der Waals surface area contributed by atoms with Crippen LogP contribution in [0.15, 0.2) is 48.7 Å². The van der Waals surface area contributed by atoms with Gasteiger partial charge in [-0.1, -0.05) is 12.1 Å². The van der Waals surface area contributed by atoms with E-state index in [1.807, 2.05) is 0 Å². The fraction of sp³-hybridized carbons (Fsp3) is 0.150. The molecule has 136 valence electrons. The monoisotopic (exact) mass is 381 g/mol. The van der Waals surface area contributed by atoms with Gasteiger partial charge in [-0.05, 0) is 47.9 Å². The van der Waals surface area contributed by atoms with E-state index in [1.54, 1.807) is 36.5 Å². The molecule has 2 aromatic carbocycles. The van der Waals surface area contributed by atoms with Gasteiger partial charge in [0.1, 0.15) is 5.82 Å². The number of carbonyl (C=O) groups is 2. The lowest BCUT2D eigenvalue weighted by molar-refractivity contribution is -0.116. The molecule has 0 atom stereocenters. The molecule has 5 nitrogen and oxygen atoms in total. The number of thiazole rings is 1. The summed E-state index contributed by atoms with van der Waals surface area (Å²) in [6, 6.07) is 11.6. The number of aromatic nitrogens is 1. The van der Waals surface area contributed by atoms with E-state index in [1.165, 1.54) is 23.5 Å². The summed E-state index contributed by atoms with van der Waals surface area (Å²) in [5, 5.41) is 6.13. The first-order valence-electron chi connectivity index (χ1n) is 8.50. The third-order valence-electron chi connectivity index (χ3n) is 4.33. The Morgan fingerprint density at radius 3 is 2.81 bits per heavy atom. The highest BCUT2D eigenvalue weighted by Gasteiger charge is 2.17. The van der Waals surface area contributed by atoms with Crippen LogP contribution in [0.2, 0.25) is 0 Å². The van der Waals surface area contributed by atoms with Crippen LogP contribution in [0, 0.1) is 5.82 Å². The molecular formula is C20H16FN3O2S. The summed E-state index contributed by atoms with van der Waals surface area (Å²) in [7, 11) is 0. The van der Waals surface area contributed by atoms with E-state index in [2.05, 4.69) is 15.6 Å². The second-order valence-corrected chi connectivity index (χ2v) is 7.42. The van der Waals surface area contributed by atoms with Crippen molar-refractivity contribution in [2.24, 2.45) is 0 Å². The predicted octanol–water partition coefficient (Wildman–Crippen LogP) is 4.01. The van der Waals surface area contributed by atoms with Crippen molar-refractivity contribution in [2.45, 2.75) is 19.3 Å². The molecule has 3 aromatic rings. The van der Waals surface area contributed by atoms with Gasteiger partial charge < -0.3 is 5.32 Å². The van der Waals surface area contributed by atoms with Crippen molar-refractivity contribution in [1.29, 1.82) is 0 Å². The first-order valence-corrected chi connectivity index (χ1v) is 9.32. The number of anilines is 2. The molecule has 0 spiro atoms. The van der Waals surface area contributed by atoms with Gasteiger partial charge in [0.05, 0.1) is 0 Å². The summed E-state index contributed by atoms with van der Waals surface area (Å²) >= 11 is 1.39. The highest BCUT2D eigenvalue weighted by molar-refractivity contribution is 7.15. The van der Waals surface area contributed by atoms with Gasteiger partial charge in [-0.3, -0.25) is 14.9 Å². The molecule has 27 heavy (non-hydrogen) atoms. The van der Waals surface area contributed by atoms with E-state index in [9.17, 15) is 14.0 Å². The molecule has 4 rings (SSSR count). The number of hydrogen-bond acceptors (Lipinski definition) is 4. The maximum Gasteiger partial charge on any atom is 0.257 e. The maximum atomic E-state index is 13.0. The van der Waals surface area contributed by atoms with Crippen LogP contribution in [-0.4, -0.2) is 16.8 Å². The summed E-state index contributed by atoms with van der Waals surface area (Å²) in [6.07, 6.45) is 3.40. The zero-order valence-electron chi connectivity index (χ0n) is 14.3. The fourth-order valence-electron chi connectivity index (χ4n) is 2.94. The molecule has 2 heterocycles. The molecule has 0 aliphatic carbocycles. The second kappa shape index (κ2) is 7.28. The first-order chi connectivity index (χ1) is 13.1. The highest BCUT2D eigenvalue weighted by Crippen LogP contribution is 2.25. The largest absolute Gasteiger partial charge is 0.326 e. The minimum absolute atomic E-state index is 0.00355. The average molecular weight is 381 g/mol. The van der Waals surface area contributed by atoms with Gasteiger partial charge in [0, 0.05) is 35.2 Å². The quantitative estimate of drug-likeness (QED) is 0.717. The average Bonchev–Trinajstić information content (AvgIpc) is 3.10. The number of nitrogens with zero attached hydrogens (tertiary/aromatic N) is 1. The Bertz CT molecular complexity index is 1010. The standard InChI is InChI=1S/C20H16FN3O2S/c21-15-5-1-12(2-6-15)9-16-11-22-20(27-16)24-19(26)14-3-7-17-13(10-14)4-8-18(25)23-17/h1-3,5-7,10-11H,4,8-9H2,(H,23,25)(H,22,24,26). The molecule has 0 saturated carbocycles. The first kappa shape index (κ1) is 17.4. The van der Waals surface area contributed by atoms with Crippen molar-refractivity contribution in [3.63, 3.8) is 0 Å². The van der Waals surface area contributed by atoms with Gasteiger partial charge >= 0.3 is 0 Å². The van der Waals surface area contributed by atoms with E-state index >= 15 is 0 Å². The summed E-state index contributed by atoms with van der Waals surface area (Å²) in [6.45, 7) is 0. The van der Waals surface area contributed by atoms with Gasteiger partial charge in [-0.25, -0.2) is 9.37 Å². The number of benzene rings is 2. The molecule has 1 aliphatic heterocycles. The van der Waals surface area contributed by atoms with E-state index in [4.69, 9.17) is 0 Å². The van der Waals surface area contributed by atoms with Crippen molar-refractivity contribution in [1.82, 2.24) is 4.98 Å². The molecule has 1 aliphatic rings. The smallest absolute Gasteiger partial charge is 0.257 e. The Balaban J connectivity index is 1.43. The summed E-state index contributed by atoms with van der Waals surface area (Å²) in [5.74, 6) is -0.505. The molecular weight excluding hydrogens is 365 g/mol. The van der Waals surface area contributed by atoms with Crippen molar-refractivity contribution in [3.8, 4) is 0 Å². The van der Waals surface area contributed by atoms with Crippen LogP contribution in [0.4, 0.5) is 15.2 Å². The van der Waals surface area contributed by atoms with Crippen molar-refractivity contribution in [3.05, 3.63) is 76.0 Å². The molecule has 0 saturated heterocycles. The number of halogens is 1. The van der Waals surface area contributed by atoms with Gasteiger partial charge in [0.15, 0.2) is 5.13 Å². The predicted molar refractivity (Wildman–Crippen MR) is 103 cm³/mol. The number of aryl methyl sites for hydroxylation is 1. The number of hydrogen-bond donors (Lipinski definition) is 2. The van der Waals surface area contributed by atoms with Gasteiger partial charge in [0.2, 0.25) is 5.91 Å². The molecule has 0 fully saturated rings.